The van der Waals surface area contributed by atoms with Gasteiger partial charge in [-0.3, -0.25) is 19.7 Å². The van der Waals surface area contributed by atoms with Crippen LogP contribution < -0.4 is 4.74 Å². The van der Waals surface area contributed by atoms with E-state index in [-0.39, 0.29) is 76.2 Å². The molecule has 56 heavy (non-hydrogen) atoms. The first-order chi connectivity index (χ1) is 27.3. The van der Waals surface area contributed by atoms with Gasteiger partial charge in [0.05, 0.1) is 111 Å². The lowest BCUT2D eigenvalue weighted by molar-refractivity contribution is -0.384. The van der Waals surface area contributed by atoms with Crippen LogP contribution in [0.3, 0.4) is 0 Å². The molecule has 0 aliphatic heterocycles. The summed E-state index contributed by atoms with van der Waals surface area (Å²) in [4.78, 5) is 45.8. The Balaban J connectivity index is 2.18. The average molecular weight is 806 g/mol. The summed E-state index contributed by atoms with van der Waals surface area (Å²) in [6, 6.07) is 4.99. The molecule has 1 aromatic rings. The molecular weight excluding hydrogens is 742 g/mol. The maximum absolute atomic E-state index is 12.4. The van der Waals surface area contributed by atoms with Gasteiger partial charge in [0.1, 0.15) is 19.0 Å². The molecule has 18 nitrogen and oxygen atoms in total. The molecule has 0 radical (unpaired) electrons. The first-order valence-corrected chi connectivity index (χ1v) is 19.4. The number of hydrogen-bond acceptors (Lipinski definition) is 17. The normalized spacial score (nSPS) is 11.1. The molecule has 0 atom stereocenters. The standard InChI is InChI=1S/C38H63NO17/c1-3-5-7-9-36(40)53-29-27-49-21-19-45-15-17-47-23-25-51-31-35(56-38(42)55-34-13-11-33(12-14-34)39(43)44)32-52-26-24-48-18-16-46-20-22-50-28-30-54-37(41)10-8-6-4-2/h11-14,35H,3-10,15-32H2,1-2H3. The molecule has 1 rings (SSSR count). The lowest BCUT2D eigenvalue weighted by atomic mass is 10.2. The third-order valence-corrected chi connectivity index (χ3v) is 7.30. The van der Waals surface area contributed by atoms with Crippen molar-refractivity contribution < 1.29 is 76.1 Å². The molecule has 0 saturated heterocycles. The highest BCUT2D eigenvalue weighted by Gasteiger charge is 2.18. The third-order valence-electron chi connectivity index (χ3n) is 7.30. The number of hydrogen-bond donors (Lipinski definition) is 0. The van der Waals surface area contributed by atoms with Crippen molar-refractivity contribution in [2.75, 3.05) is 119 Å². The Morgan fingerprint density at radius 1 is 0.536 bits per heavy atom. The summed E-state index contributed by atoms with van der Waals surface area (Å²) >= 11 is 0. The highest BCUT2D eigenvalue weighted by Crippen LogP contribution is 2.18. The summed E-state index contributed by atoms with van der Waals surface area (Å²) in [5.74, 6) is -0.337. The van der Waals surface area contributed by atoms with Gasteiger partial charge in [0.15, 0.2) is 6.10 Å². The number of nitrogens with zero attached hydrogens (tertiary/aromatic N) is 1. The molecule has 0 heterocycles. The molecule has 0 N–H and O–H groups in total. The van der Waals surface area contributed by atoms with E-state index in [9.17, 15) is 24.5 Å². The molecule has 322 valence electrons. The maximum atomic E-state index is 12.4. The largest absolute Gasteiger partial charge is 0.514 e. The van der Waals surface area contributed by atoms with Gasteiger partial charge in [-0.1, -0.05) is 39.5 Å². The molecule has 0 saturated carbocycles. The molecule has 0 spiro atoms. The summed E-state index contributed by atoms with van der Waals surface area (Å²) in [6.07, 6.45) is 4.80. The average Bonchev–Trinajstić information content (AvgIpc) is 3.18. The molecule has 0 unspecified atom stereocenters. The van der Waals surface area contributed by atoms with E-state index in [1.165, 1.54) is 24.3 Å². The monoisotopic (exact) mass is 805 g/mol. The molecule has 0 aromatic heterocycles. The summed E-state index contributed by atoms with van der Waals surface area (Å²) < 4.78 is 64.7. The number of nitro groups is 1. The highest BCUT2D eigenvalue weighted by molar-refractivity contribution is 5.69. The smallest absolute Gasteiger partial charge is 0.463 e. The van der Waals surface area contributed by atoms with Crippen molar-refractivity contribution in [1.29, 1.82) is 0 Å². The van der Waals surface area contributed by atoms with Crippen molar-refractivity contribution >= 4 is 23.8 Å². The Labute approximate surface area is 330 Å². The van der Waals surface area contributed by atoms with E-state index in [0.717, 1.165) is 38.5 Å². The number of ether oxygens (including phenoxy) is 12. The van der Waals surface area contributed by atoms with Gasteiger partial charge in [0, 0.05) is 25.0 Å². The summed E-state index contributed by atoms with van der Waals surface area (Å²) in [5.41, 5.74) is -0.149. The van der Waals surface area contributed by atoms with Crippen LogP contribution in [0.5, 0.6) is 5.75 Å². The van der Waals surface area contributed by atoms with Gasteiger partial charge in [-0.15, -0.1) is 0 Å². The van der Waals surface area contributed by atoms with Crippen LogP contribution in [-0.2, 0) is 61.7 Å². The van der Waals surface area contributed by atoms with Gasteiger partial charge < -0.3 is 56.8 Å². The van der Waals surface area contributed by atoms with Gasteiger partial charge >= 0.3 is 18.1 Å². The predicted molar refractivity (Wildman–Crippen MR) is 201 cm³/mol. The SMILES string of the molecule is CCCCCC(=O)OCCOCCOCCOCCOCC(COCCOCCOCCOCCOC(=O)CCCCC)OC(=O)Oc1ccc([N+](=O)[O-])cc1. The number of nitro benzene ring substituents is 1. The summed E-state index contributed by atoms with van der Waals surface area (Å²) in [6.45, 7) is 8.98. The number of esters is 2. The Hall–Kier alpha value is -3.49. The Kier molecular flexibility index (Phi) is 33.5. The van der Waals surface area contributed by atoms with Crippen LogP contribution in [0, 0.1) is 10.1 Å². The Bertz CT molecular complexity index is 1070. The molecule has 18 heteroatoms. The summed E-state index contributed by atoms with van der Waals surface area (Å²) in [5, 5.41) is 10.9. The molecule has 1 aromatic carbocycles. The number of carbonyl (C=O) groups excluding carboxylic acids is 3. The predicted octanol–water partition coefficient (Wildman–Crippen LogP) is 4.86. The van der Waals surface area contributed by atoms with Gasteiger partial charge in [-0.2, -0.15) is 0 Å². The quantitative estimate of drug-likeness (QED) is 0.0218. The highest BCUT2D eigenvalue weighted by atomic mass is 16.7. The second kappa shape index (κ2) is 37.1. The van der Waals surface area contributed by atoms with E-state index in [0.29, 0.717) is 78.9 Å². The van der Waals surface area contributed by atoms with Crippen LogP contribution in [0.15, 0.2) is 24.3 Å². The second-order valence-electron chi connectivity index (χ2n) is 12.0. The molecule has 0 aliphatic rings. The Morgan fingerprint density at radius 2 is 0.893 bits per heavy atom. The van der Waals surface area contributed by atoms with Crippen LogP contribution in [0.25, 0.3) is 0 Å². The fourth-order valence-electron chi connectivity index (χ4n) is 4.37. The number of benzene rings is 1. The van der Waals surface area contributed by atoms with Crippen molar-refractivity contribution in [3.63, 3.8) is 0 Å². The maximum Gasteiger partial charge on any atom is 0.514 e. The van der Waals surface area contributed by atoms with Gasteiger partial charge in [0.25, 0.3) is 5.69 Å². The van der Waals surface area contributed by atoms with Crippen molar-refractivity contribution in [2.24, 2.45) is 0 Å². The van der Waals surface area contributed by atoms with E-state index in [1.54, 1.807) is 0 Å². The first-order valence-electron chi connectivity index (χ1n) is 19.4. The van der Waals surface area contributed by atoms with Gasteiger partial charge in [-0.25, -0.2) is 4.79 Å². The zero-order chi connectivity index (χ0) is 40.7. The minimum absolute atomic E-state index is 0.0151. The van der Waals surface area contributed by atoms with Gasteiger partial charge in [-0.05, 0) is 25.0 Å². The lowest BCUT2D eigenvalue weighted by Crippen LogP contribution is -2.31. The van der Waals surface area contributed by atoms with E-state index in [4.69, 9.17) is 56.8 Å². The van der Waals surface area contributed by atoms with Crippen molar-refractivity contribution in [3.05, 3.63) is 34.4 Å². The zero-order valence-corrected chi connectivity index (χ0v) is 33.2. The number of unbranched alkanes of at least 4 members (excludes halogenated alkanes) is 4. The van der Waals surface area contributed by atoms with Crippen LogP contribution >= 0.6 is 0 Å². The van der Waals surface area contributed by atoms with E-state index in [1.807, 2.05) is 0 Å². The molecule has 0 fully saturated rings. The Morgan fingerprint density at radius 3 is 1.25 bits per heavy atom. The van der Waals surface area contributed by atoms with Crippen LogP contribution in [-0.4, -0.2) is 148 Å². The molecule has 0 amide bonds. The van der Waals surface area contributed by atoms with Gasteiger partial charge in [0.2, 0.25) is 0 Å². The summed E-state index contributed by atoms with van der Waals surface area (Å²) in [7, 11) is 0. The van der Waals surface area contributed by atoms with E-state index < -0.39 is 17.2 Å². The molecular formula is C38H63NO17. The number of carbonyl (C=O) groups is 3. The van der Waals surface area contributed by atoms with Crippen molar-refractivity contribution in [3.8, 4) is 5.75 Å². The van der Waals surface area contributed by atoms with E-state index >= 15 is 0 Å². The molecule has 0 bridgehead atoms. The van der Waals surface area contributed by atoms with Crippen LogP contribution in [0.4, 0.5) is 10.5 Å². The minimum Gasteiger partial charge on any atom is -0.463 e. The van der Waals surface area contributed by atoms with Crippen molar-refractivity contribution in [1.82, 2.24) is 0 Å². The zero-order valence-electron chi connectivity index (χ0n) is 33.2. The number of non-ortho nitro benzene ring substituents is 1. The van der Waals surface area contributed by atoms with E-state index in [2.05, 4.69) is 13.8 Å². The van der Waals surface area contributed by atoms with Crippen molar-refractivity contribution in [2.45, 2.75) is 71.3 Å². The van der Waals surface area contributed by atoms with Crippen LogP contribution in [0.2, 0.25) is 0 Å². The fraction of sp³-hybridized carbons (Fsp3) is 0.763. The minimum atomic E-state index is -1.03. The lowest BCUT2D eigenvalue weighted by Gasteiger charge is -2.18. The first kappa shape index (κ1) is 50.5. The third kappa shape index (κ3) is 31.7. The topological polar surface area (TPSA) is 205 Å². The second-order valence-corrected chi connectivity index (χ2v) is 12.0. The number of rotatable bonds is 39. The van der Waals surface area contributed by atoms with Crippen LogP contribution in [0.1, 0.15) is 65.2 Å². The molecule has 0 aliphatic carbocycles. The fourth-order valence-corrected chi connectivity index (χ4v) is 4.37.